The zero-order valence-electron chi connectivity index (χ0n) is 12.7. The fourth-order valence-electron chi connectivity index (χ4n) is 3.26. The molecule has 0 amide bonds. The lowest BCUT2D eigenvalue weighted by Crippen LogP contribution is -2.15. The molecule has 2 aromatic rings. The lowest BCUT2D eigenvalue weighted by atomic mass is 10.0. The second-order valence-electron chi connectivity index (χ2n) is 6.21. The van der Waals surface area contributed by atoms with E-state index in [0.29, 0.717) is 18.9 Å². The molecule has 0 aliphatic heterocycles. The first-order valence-corrected chi connectivity index (χ1v) is 7.99. The molecule has 1 aliphatic rings. The highest BCUT2D eigenvalue weighted by atomic mass is 16.3. The van der Waals surface area contributed by atoms with Crippen molar-refractivity contribution in [3.05, 3.63) is 53.3 Å². The molecule has 1 aliphatic carbocycles. The maximum atomic E-state index is 10.3. The summed E-state index contributed by atoms with van der Waals surface area (Å²) in [7, 11) is 0. The van der Waals surface area contributed by atoms with Crippen LogP contribution in [-0.2, 0) is 12.8 Å². The number of aliphatic hydroxyl groups excluding tert-OH is 1. The molecular weight excluding hydrogens is 260 g/mol. The molecule has 3 heteroatoms. The Morgan fingerprint density at radius 2 is 1.95 bits per heavy atom. The first kappa shape index (κ1) is 14.3. The van der Waals surface area contributed by atoms with E-state index in [2.05, 4.69) is 41.1 Å². The molecule has 1 N–H and O–H groups in total. The summed E-state index contributed by atoms with van der Waals surface area (Å²) in [6.07, 6.45) is 8.16. The number of benzene rings is 1. The monoisotopic (exact) mass is 284 g/mol. The third kappa shape index (κ3) is 3.53. The SMILES string of the molecule is Cc1ccccc1CC(O)Cc1ccn(C2CCCC2)n1. The summed E-state index contributed by atoms with van der Waals surface area (Å²) >= 11 is 0. The van der Waals surface area contributed by atoms with Crippen LogP contribution in [0.4, 0.5) is 0 Å². The normalized spacial score (nSPS) is 17.2. The Bertz CT molecular complexity index is 584. The second-order valence-corrected chi connectivity index (χ2v) is 6.21. The predicted molar refractivity (Wildman–Crippen MR) is 84.3 cm³/mol. The van der Waals surface area contributed by atoms with Gasteiger partial charge in [-0.2, -0.15) is 5.10 Å². The third-order valence-electron chi connectivity index (χ3n) is 4.52. The van der Waals surface area contributed by atoms with Crippen molar-refractivity contribution in [3.63, 3.8) is 0 Å². The minimum absolute atomic E-state index is 0.363. The highest BCUT2D eigenvalue weighted by molar-refractivity contribution is 5.26. The number of hydrogen-bond acceptors (Lipinski definition) is 2. The van der Waals surface area contributed by atoms with Crippen LogP contribution in [0.15, 0.2) is 36.5 Å². The fourth-order valence-corrected chi connectivity index (χ4v) is 3.26. The van der Waals surface area contributed by atoms with E-state index in [1.165, 1.54) is 36.8 Å². The minimum atomic E-state index is -0.363. The Morgan fingerprint density at radius 3 is 2.71 bits per heavy atom. The van der Waals surface area contributed by atoms with E-state index in [1.54, 1.807) is 0 Å². The lowest BCUT2D eigenvalue weighted by molar-refractivity contribution is 0.173. The van der Waals surface area contributed by atoms with Crippen molar-refractivity contribution in [2.24, 2.45) is 0 Å². The first-order chi connectivity index (χ1) is 10.2. The van der Waals surface area contributed by atoms with Crippen molar-refractivity contribution in [2.75, 3.05) is 0 Å². The van der Waals surface area contributed by atoms with Gasteiger partial charge in [0, 0.05) is 12.6 Å². The largest absolute Gasteiger partial charge is 0.392 e. The molecule has 0 saturated heterocycles. The van der Waals surface area contributed by atoms with Gasteiger partial charge < -0.3 is 5.11 Å². The third-order valence-corrected chi connectivity index (χ3v) is 4.52. The van der Waals surface area contributed by atoms with E-state index in [4.69, 9.17) is 0 Å². The molecule has 1 atom stereocenters. The smallest absolute Gasteiger partial charge is 0.0650 e. The molecule has 1 aromatic carbocycles. The fraction of sp³-hybridized carbons (Fsp3) is 0.500. The lowest BCUT2D eigenvalue weighted by Gasteiger charge is -2.12. The van der Waals surface area contributed by atoms with E-state index >= 15 is 0 Å². The topological polar surface area (TPSA) is 38.0 Å². The van der Waals surface area contributed by atoms with Gasteiger partial charge in [-0.25, -0.2) is 0 Å². The minimum Gasteiger partial charge on any atom is -0.392 e. The molecule has 0 radical (unpaired) electrons. The van der Waals surface area contributed by atoms with Crippen molar-refractivity contribution < 1.29 is 5.11 Å². The number of hydrogen-bond donors (Lipinski definition) is 1. The molecule has 0 bridgehead atoms. The Labute approximate surface area is 126 Å². The van der Waals surface area contributed by atoms with Crippen molar-refractivity contribution in [3.8, 4) is 0 Å². The van der Waals surface area contributed by atoms with E-state index in [-0.39, 0.29) is 6.10 Å². The maximum Gasteiger partial charge on any atom is 0.0650 e. The quantitative estimate of drug-likeness (QED) is 0.913. The number of aryl methyl sites for hydroxylation is 1. The predicted octanol–water partition coefficient (Wildman–Crippen LogP) is 3.45. The van der Waals surface area contributed by atoms with Gasteiger partial charge >= 0.3 is 0 Å². The van der Waals surface area contributed by atoms with Gasteiger partial charge in [0.1, 0.15) is 0 Å². The van der Waals surface area contributed by atoms with Crippen LogP contribution in [0.3, 0.4) is 0 Å². The van der Waals surface area contributed by atoms with Crippen molar-refractivity contribution in [2.45, 2.75) is 57.6 Å². The summed E-state index contributed by atoms with van der Waals surface area (Å²) in [4.78, 5) is 0. The molecule has 1 fully saturated rings. The van der Waals surface area contributed by atoms with Crippen LogP contribution in [0.5, 0.6) is 0 Å². The molecule has 0 spiro atoms. The summed E-state index contributed by atoms with van der Waals surface area (Å²) in [5.41, 5.74) is 3.47. The van der Waals surface area contributed by atoms with Gasteiger partial charge in [0.05, 0.1) is 17.8 Å². The average molecular weight is 284 g/mol. The van der Waals surface area contributed by atoms with E-state index in [0.717, 1.165) is 5.69 Å². The second kappa shape index (κ2) is 6.44. The Hall–Kier alpha value is -1.61. The zero-order valence-corrected chi connectivity index (χ0v) is 12.7. The summed E-state index contributed by atoms with van der Waals surface area (Å²) < 4.78 is 2.10. The van der Waals surface area contributed by atoms with Crippen LogP contribution >= 0.6 is 0 Å². The zero-order chi connectivity index (χ0) is 14.7. The molecular formula is C18H24N2O. The van der Waals surface area contributed by atoms with Gasteiger partial charge in [0.15, 0.2) is 0 Å². The van der Waals surface area contributed by atoms with Crippen LogP contribution in [0.25, 0.3) is 0 Å². The van der Waals surface area contributed by atoms with E-state index < -0.39 is 0 Å². The molecule has 3 nitrogen and oxygen atoms in total. The molecule has 3 rings (SSSR count). The average Bonchev–Trinajstić information content (AvgIpc) is 3.12. The van der Waals surface area contributed by atoms with Crippen LogP contribution in [0.2, 0.25) is 0 Å². The molecule has 1 aromatic heterocycles. The summed E-state index contributed by atoms with van der Waals surface area (Å²) in [6, 6.07) is 10.9. The summed E-state index contributed by atoms with van der Waals surface area (Å²) in [5.74, 6) is 0. The van der Waals surface area contributed by atoms with E-state index in [9.17, 15) is 5.11 Å². The van der Waals surface area contributed by atoms with Crippen molar-refractivity contribution >= 4 is 0 Å². The molecule has 112 valence electrons. The first-order valence-electron chi connectivity index (χ1n) is 7.99. The van der Waals surface area contributed by atoms with Gasteiger partial charge in [-0.1, -0.05) is 37.1 Å². The highest BCUT2D eigenvalue weighted by Gasteiger charge is 2.18. The maximum absolute atomic E-state index is 10.3. The Balaban J connectivity index is 1.60. The summed E-state index contributed by atoms with van der Waals surface area (Å²) in [5, 5.41) is 15.0. The van der Waals surface area contributed by atoms with Gasteiger partial charge in [-0.15, -0.1) is 0 Å². The highest BCUT2D eigenvalue weighted by Crippen LogP contribution is 2.28. The van der Waals surface area contributed by atoms with Crippen LogP contribution < -0.4 is 0 Å². The molecule has 21 heavy (non-hydrogen) atoms. The van der Waals surface area contributed by atoms with Crippen molar-refractivity contribution in [1.29, 1.82) is 0 Å². The van der Waals surface area contributed by atoms with Gasteiger partial charge in [0.25, 0.3) is 0 Å². The van der Waals surface area contributed by atoms with Crippen LogP contribution in [-0.4, -0.2) is 21.0 Å². The number of rotatable bonds is 5. The number of aliphatic hydroxyl groups is 1. The van der Waals surface area contributed by atoms with Crippen molar-refractivity contribution in [1.82, 2.24) is 9.78 Å². The number of nitrogens with zero attached hydrogens (tertiary/aromatic N) is 2. The Morgan fingerprint density at radius 1 is 1.19 bits per heavy atom. The summed E-state index contributed by atoms with van der Waals surface area (Å²) in [6.45, 7) is 2.09. The van der Waals surface area contributed by atoms with Crippen LogP contribution in [0.1, 0.15) is 48.5 Å². The molecule has 1 saturated carbocycles. The van der Waals surface area contributed by atoms with Gasteiger partial charge in [-0.05, 0) is 43.4 Å². The molecule has 1 unspecified atom stereocenters. The number of aromatic nitrogens is 2. The standard InChI is InChI=1S/C18H24N2O/c1-14-6-2-3-7-15(14)12-18(21)13-16-10-11-20(19-16)17-8-4-5-9-17/h2-3,6-7,10-11,17-18,21H,4-5,8-9,12-13H2,1H3. The Kier molecular flexibility index (Phi) is 4.39. The van der Waals surface area contributed by atoms with E-state index in [1.807, 2.05) is 12.1 Å². The van der Waals surface area contributed by atoms with Gasteiger partial charge in [0.2, 0.25) is 0 Å². The van der Waals surface area contributed by atoms with Gasteiger partial charge in [-0.3, -0.25) is 4.68 Å². The molecule has 1 heterocycles. The van der Waals surface area contributed by atoms with Crippen LogP contribution in [0, 0.1) is 6.92 Å².